The summed E-state index contributed by atoms with van der Waals surface area (Å²) in [6, 6.07) is 0. The van der Waals surface area contributed by atoms with Gasteiger partial charge in [0.2, 0.25) is 5.91 Å². The number of rotatable bonds is 6. The van der Waals surface area contributed by atoms with Crippen molar-refractivity contribution in [3.05, 3.63) is 23.3 Å². The van der Waals surface area contributed by atoms with E-state index < -0.39 is 6.17 Å². The van der Waals surface area contributed by atoms with E-state index in [1.807, 2.05) is 24.0 Å². The Hall–Kier alpha value is -1.10. The molecule has 1 fully saturated rings. The lowest BCUT2D eigenvalue weighted by atomic mass is 9.96. The third-order valence-electron chi connectivity index (χ3n) is 4.22. The summed E-state index contributed by atoms with van der Waals surface area (Å²) in [6.07, 6.45) is 5.17. The van der Waals surface area contributed by atoms with Crippen LogP contribution < -0.4 is 0 Å². The van der Waals surface area contributed by atoms with Crippen LogP contribution in [0.25, 0.3) is 0 Å². The molecule has 1 amide bonds. The summed E-state index contributed by atoms with van der Waals surface area (Å²) in [4.78, 5) is 25.2. The Morgan fingerprint density at radius 3 is 2.86 bits per heavy atom. The Kier molecular flexibility index (Phi) is 5.84. The predicted molar refractivity (Wildman–Crippen MR) is 88.4 cm³/mol. The van der Waals surface area contributed by atoms with Gasteiger partial charge in [-0.2, -0.15) is 0 Å². The molecule has 0 aromatic rings. The van der Waals surface area contributed by atoms with E-state index in [0.29, 0.717) is 24.5 Å². The lowest BCUT2D eigenvalue weighted by Crippen LogP contribution is -2.37. The van der Waals surface area contributed by atoms with Crippen molar-refractivity contribution in [1.29, 1.82) is 0 Å². The van der Waals surface area contributed by atoms with Gasteiger partial charge in [-0.1, -0.05) is 26.0 Å². The van der Waals surface area contributed by atoms with E-state index in [4.69, 9.17) is 0 Å². The third kappa shape index (κ3) is 3.62. The maximum Gasteiger partial charge on any atom is 0.237 e. The lowest BCUT2D eigenvalue weighted by Gasteiger charge is -2.29. The van der Waals surface area contributed by atoms with Crippen LogP contribution in [0.2, 0.25) is 0 Å². The Morgan fingerprint density at radius 2 is 2.23 bits per heavy atom. The minimum Gasteiger partial charge on any atom is -0.326 e. The first kappa shape index (κ1) is 17.3. The van der Waals surface area contributed by atoms with E-state index in [0.717, 1.165) is 18.3 Å². The number of nitrogens with zero attached hydrogens (tertiary/aromatic N) is 1. The number of carbonyl (C=O) groups is 2. The molecule has 0 radical (unpaired) electrons. The van der Waals surface area contributed by atoms with E-state index in [1.165, 1.54) is 11.8 Å². The number of amides is 1. The number of halogens is 1. The largest absolute Gasteiger partial charge is 0.326 e. The highest BCUT2D eigenvalue weighted by Gasteiger charge is 2.42. The van der Waals surface area contributed by atoms with Gasteiger partial charge in [-0.15, -0.1) is 11.8 Å². The van der Waals surface area contributed by atoms with Crippen molar-refractivity contribution < 1.29 is 14.0 Å². The Balaban J connectivity index is 2.25. The van der Waals surface area contributed by atoms with Crippen LogP contribution in [0.4, 0.5) is 4.39 Å². The number of hydrogen-bond donors (Lipinski definition) is 0. The van der Waals surface area contributed by atoms with Crippen molar-refractivity contribution >= 4 is 24.0 Å². The highest BCUT2D eigenvalue weighted by molar-refractivity contribution is 8.01. The molecule has 122 valence electrons. The summed E-state index contributed by atoms with van der Waals surface area (Å²) in [5, 5.41) is -0.491. The second-order valence-corrected chi connectivity index (χ2v) is 7.63. The maximum atomic E-state index is 14.0. The van der Waals surface area contributed by atoms with Gasteiger partial charge in [0, 0.05) is 19.4 Å². The first-order valence-corrected chi connectivity index (χ1v) is 8.80. The molecule has 1 heterocycles. The molecular weight excluding hydrogens is 301 g/mol. The number of hydrogen-bond acceptors (Lipinski definition) is 3. The molecule has 2 aliphatic rings. The summed E-state index contributed by atoms with van der Waals surface area (Å²) in [5.41, 5.74) is 1.61. The van der Waals surface area contributed by atoms with Crippen molar-refractivity contribution in [1.82, 2.24) is 4.90 Å². The van der Waals surface area contributed by atoms with Crippen LogP contribution in [0, 0.1) is 5.92 Å². The van der Waals surface area contributed by atoms with E-state index in [-0.39, 0.29) is 23.0 Å². The second kappa shape index (κ2) is 7.44. The topological polar surface area (TPSA) is 37.4 Å². The van der Waals surface area contributed by atoms with Crippen LogP contribution in [0.15, 0.2) is 23.3 Å². The van der Waals surface area contributed by atoms with Crippen molar-refractivity contribution in [3.8, 4) is 0 Å². The van der Waals surface area contributed by atoms with Gasteiger partial charge in [0.25, 0.3) is 0 Å². The fraction of sp³-hybridized carbons (Fsp3) is 0.647. The second-order valence-electron chi connectivity index (χ2n) is 6.34. The molecule has 2 rings (SSSR count). The number of alkyl halides is 1. The minimum atomic E-state index is -0.965. The summed E-state index contributed by atoms with van der Waals surface area (Å²) in [7, 11) is 0. The molecule has 22 heavy (non-hydrogen) atoms. The maximum absolute atomic E-state index is 14.0. The van der Waals surface area contributed by atoms with Gasteiger partial charge in [0.1, 0.15) is 17.8 Å². The van der Waals surface area contributed by atoms with Crippen LogP contribution in [-0.4, -0.2) is 40.4 Å². The Morgan fingerprint density at radius 1 is 1.50 bits per heavy atom. The van der Waals surface area contributed by atoms with E-state index in [2.05, 4.69) is 13.8 Å². The van der Waals surface area contributed by atoms with Gasteiger partial charge >= 0.3 is 0 Å². The molecule has 1 aliphatic carbocycles. The average Bonchev–Trinajstić information content (AvgIpc) is 2.77. The van der Waals surface area contributed by atoms with Crippen molar-refractivity contribution in [2.45, 2.75) is 56.8 Å². The highest BCUT2D eigenvalue weighted by atomic mass is 32.2. The third-order valence-corrected chi connectivity index (χ3v) is 5.71. The molecule has 0 aromatic carbocycles. The zero-order valence-electron chi connectivity index (χ0n) is 13.4. The first-order valence-electron chi connectivity index (χ1n) is 7.86. The van der Waals surface area contributed by atoms with Gasteiger partial charge in [0.05, 0.1) is 5.25 Å². The summed E-state index contributed by atoms with van der Waals surface area (Å²) in [6.45, 7) is 6.70. The summed E-state index contributed by atoms with van der Waals surface area (Å²) >= 11 is 1.48. The standard InChI is InChI=1S/C17H24FNO2S/c1-11(2)7-9-19-16(21)15(8-10-20)22-17(19)13-5-4-6-14(18)12(13)3/h4-5,10-11,14-15,17H,6-9H2,1-3H3. The molecule has 1 aliphatic heterocycles. The minimum absolute atomic E-state index is 0.0115. The van der Waals surface area contributed by atoms with Crippen LogP contribution >= 0.6 is 11.8 Å². The average molecular weight is 325 g/mol. The monoisotopic (exact) mass is 325 g/mol. The number of thioether (sulfide) groups is 1. The summed E-state index contributed by atoms with van der Waals surface area (Å²) in [5.74, 6) is 0.506. The zero-order valence-corrected chi connectivity index (χ0v) is 14.2. The van der Waals surface area contributed by atoms with Crippen LogP contribution in [0.5, 0.6) is 0 Å². The van der Waals surface area contributed by atoms with E-state index in [9.17, 15) is 14.0 Å². The molecule has 1 saturated heterocycles. The van der Waals surface area contributed by atoms with Gasteiger partial charge in [-0.3, -0.25) is 4.79 Å². The molecule has 3 unspecified atom stereocenters. The fourth-order valence-electron chi connectivity index (χ4n) is 2.78. The van der Waals surface area contributed by atoms with E-state index in [1.54, 1.807) is 0 Å². The first-order chi connectivity index (χ1) is 10.5. The fourth-order valence-corrected chi connectivity index (χ4v) is 4.30. The highest BCUT2D eigenvalue weighted by Crippen LogP contribution is 2.41. The molecule has 0 saturated carbocycles. The number of aldehydes is 1. The summed E-state index contributed by atoms with van der Waals surface area (Å²) < 4.78 is 14.0. The van der Waals surface area contributed by atoms with Crippen LogP contribution in [-0.2, 0) is 9.59 Å². The van der Waals surface area contributed by atoms with Crippen molar-refractivity contribution in [3.63, 3.8) is 0 Å². The quantitative estimate of drug-likeness (QED) is 0.701. The molecule has 3 atom stereocenters. The van der Waals surface area contributed by atoms with Gasteiger partial charge in [-0.25, -0.2) is 4.39 Å². The smallest absolute Gasteiger partial charge is 0.237 e. The van der Waals surface area contributed by atoms with Gasteiger partial charge in [-0.05, 0) is 30.4 Å². The number of carbonyl (C=O) groups excluding carboxylic acids is 2. The van der Waals surface area contributed by atoms with Crippen LogP contribution in [0.1, 0.15) is 40.0 Å². The SMILES string of the molecule is CC1=C(C2SC(CC=O)C(=O)N2CCC(C)C)C=CCC1F. The molecule has 5 heteroatoms. The molecule has 3 nitrogen and oxygen atoms in total. The van der Waals surface area contributed by atoms with Crippen molar-refractivity contribution in [2.75, 3.05) is 6.54 Å². The van der Waals surface area contributed by atoms with Gasteiger partial charge < -0.3 is 9.69 Å². The zero-order chi connectivity index (χ0) is 16.3. The van der Waals surface area contributed by atoms with E-state index >= 15 is 0 Å². The Bertz CT molecular complexity index is 501. The number of allylic oxidation sites excluding steroid dienone is 2. The molecule has 0 N–H and O–H groups in total. The van der Waals surface area contributed by atoms with Gasteiger partial charge in [0.15, 0.2) is 0 Å². The molecule has 0 bridgehead atoms. The molecule has 0 aromatic heterocycles. The molecular formula is C17H24FNO2S. The van der Waals surface area contributed by atoms with Crippen LogP contribution in [0.3, 0.4) is 0 Å². The van der Waals surface area contributed by atoms with Crippen molar-refractivity contribution in [2.24, 2.45) is 5.92 Å². The molecule has 0 spiro atoms. The lowest BCUT2D eigenvalue weighted by molar-refractivity contribution is -0.130. The normalized spacial score (nSPS) is 28.9. The Labute approximate surface area is 136 Å². The predicted octanol–water partition coefficient (Wildman–Crippen LogP) is 3.51.